The van der Waals surface area contributed by atoms with Crippen molar-refractivity contribution in [2.45, 2.75) is 26.7 Å². The number of rotatable bonds is 4. The number of carbonyl (C=O) groups is 1. The molecule has 0 aromatic carbocycles. The fraction of sp³-hybridized carbons (Fsp3) is 0.900. The van der Waals surface area contributed by atoms with Crippen LogP contribution in [0.2, 0.25) is 0 Å². The smallest absolute Gasteiger partial charge is 0.243 e. The first-order valence-corrected chi connectivity index (χ1v) is 5.56. The predicted molar refractivity (Wildman–Crippen MR) is 57.8 cm³/mol. The summed E-state index contributed by atoms with van der Waals surface area (Å²) in [6.07, 6.45) is 1.17. The van der Waals surface area contributed by atoms with Crippen molar-refractivity contribution in [2.75, 3.05) is 32.8 Å². The topological polar surface area (TPSA) is 61.8 Å². The molecule has 1 saturated heterocycles. The molecule has 5 nitrogen and oxygen atoms in total. The van der Waals surface area contributed by atoms with Crippen LogP contribution in [0.3, 0.4) is 0 Å². The number of carbonyl (C=O) groups excluding carboxylic acids is 1. The summed E-state index contributed by atoms with van der Waals surface area (Å²) >= 11 is 0. The van der Waals surface area contributed by atoms with Crippen LogP contribution in [-0.2, 0) is 9.53 Å². The maximum atomic E-state index is 10.6. The van der Waals surface area contributed by atoms with Crippen LogP contribution in [0.5, 0.6) is 0 Å². The maximum absolute atomic E-state index is 10.6. The molecule has 1 fully saturated rings. The monoisotopic (exact) mass is 218 g/mol. The quantitative estimate of drug-likeness (QED) is 0.536. The second-order valence-electron chi connectivity index (χ2n) is 3.09. The molecule has 0 bridgehead atoms. The molecule has 0 atom stereocenters. The van der Waals surface area contributed by atoms with Crippen molar-refractivity contribution < 1.29 is 14.7 Å². The summed E-state index contributed by atoms with van der Waals surface area (Å²) in [7, 11) is 0. The van der Waals surface area contributed by atoms with E-state index < -0.39 is 0 Å². The predicted octanol–water partition coefficient (Wildman–Crippen LogP) is 0.630. The van der Waals surface area contributed by atoms with Crippen LogP contribution in [0, 0.1) is 0 Å². The van der Waals surface area contributed by atoms with Gasteiger partial charge in [0.1, 0.15) is 0 Å². The number of morpholine rings is 1. The van der Waals surface area contributed by atoms with Gasteiger partial charge in [-0.1, -0.05) is 13.8 Å². The molecule has 0 spiro atoms. The van der Waals surface area contributed by atoms with E-state index in [1.165, 1.54) is 0 Å². The molecule has 0 aromatic rings. The fourth-order valence-corrected chi connectivity index (χ4v) is 1.34. The van der Waals surface area contributed by atoms with E-state index >= 15 is 0 Å². The third-order valence-corrected chi connectivity index (χ3v) is 2.11. The summed E-state index contributed by atoms with van der Waals surface area (Å²) in [6.45, 7) is 8.36. The first-order valence-electron chi connectivity index (χ1n) is 5.56. The van der Waals surface area contributed by atoms with Gasteiger partial charge in [-0.05, 0) is 13.0 Å². The largest absolute Gasteiger partial charge is 0.379 e. The molecule has 0 aromatic heterocycles. The summed E-state index contributed by atoms with van der Waals surface area (Å²) in [4.78, 5) is 12.9. The standard InChI is InChI=1S/C8H16N2O3.C2H6/c11-8(9-12)2-1-3-10-4-6-13-7-5-10;1-2/h12H,1-7H2,(H,9,11);1-2H3. The molecule has 1 heterocycles. The van der Waals surface area contributed by atoms with Crippen LogP contribution in [0.25, 0.3) is 0 Å². The van der Waals surface area contributed by atoms with Crippen molar-refractivity contribution in [3.63, 3.8) is 0 Å². The highest BCUT2D eigenvalue weighted by Gasteiger charge is 2.09. The molecule has 0 radical (unpaired) electrons. The number of ether oxygens (including phenoxy) is 1. The summed E-state index contributed by atoms with van der Waals surface area (Å²) in [5.74, 6) is -0.312. The summed E-state index contributed by atoms with van der Waals surface area (Å²) in [5, 5.41) is 8.24. The third kappa shape index (κ3) is 7.30. The number of amides is 1. The zero-order chi connectivity index (χ0) is 11.5. The van der Waals surface area contributed by atoms with E-state index in [1.807, 2.05) is 13.8 Å². The molecule has 1 aliphatic heterocycles. The van der Waals surface area contributed by atoms with Gasteiger partial charge in [0.15, 0.2) is 0 Å². The second kappa shape index (κ2) is 9.89. The average molecular weight is 218 g/mol. The van der Waals surface area contributed by atoms with Crippen molar-refractivity contribution in [1.82, 2.24) is 10.4 Å². The summed E-state index contributed by atoms with van der Waals surface area (Å²) in [5.41, 5.74) is 1.62. The second-order valence-corrected chi connectivity index (χ2v) is 3.09. The van der Waals surface area contributed by atoms with Gasteiger partial charge in [0.2, 0.25) is 5.91 Å². The normalized spacial score (nSPS) is 16.5. The van der Waals surface area contributed by atoms with E-state index in [0.29, 0.717) is 6.42 Å². The molecule has 90 valence electrons. The van der Waals surface area contributed by atoms with Gasteiger partial charge in [0, 0.05) is 19.5 Å². The number of nitrogens with zero attached hydrogens (tertiary/aromatic N) is 1. The summed E-state index contributed by atoms with van der Waals surface area (Å²) in [6, 6.07) is 0. The molecule has 1 rings (SSSR count). The Morgan fingerprint density at radius 3 is 2.53 bits per heavy atom. The van der Waals surface area contributed by atoms with Gasteiger partial charge in [-0.2, -0.15) is 0 Å². The molecule has 2 N–H and O–H groups in total. The Labute approximate surface area is 91.4 Å². The van der Waals surface area contributed by atoms with Gasteiger partial charge in [-0.15, -0.1) is 0 Å². The first-order chi connectivity index (χ1) is 7.33. The Kier molecular flexibility index (Phi) is 9.46. The van der Waals surface area contributed by atoms with E-state index in [-0.39, 0.29) is 5.91 Å². The Balaban J connectivity index is 0.000000921. The molecule has 0 unspecified atom stereocenters. The SMILES string of the molecule is CC.O=C(CCCN1CCOCC1)NO. The Morgan fingerprint density at radius 1 is 1.40 bits per heavy atom. The van der Waals surface area contributed by atoms with E-state index in [9.17, 15) is 4.79 Å². The molecule has 1 amide bonds. The van der Waals surface area contributed by atoms with Crippen molar-refractivity contribution in [3.05, 3.63) is 0 Å². The zero-order valence-corrected chi connectivity index (χ0v) is 9.66. The van der Waals surface area contributed by atoms with Gasteiger partial charge < -0.3 is 4.74 Å². The van der Waals surface area contributed by atoms with Crippen molar-refractivity contribution in [2.24, 2.45) is 0 Å². The van der Waals surface area contributed by atoms with Crippen LogP contribution in [0.15, 0.2) is 0 Å². The van der Waals surface area contributed by atoms with Crippen molar-refractivity contribution in [3.8, 4) is 0 Å². The lowest BCUT2D eigenvalue weighted by molar-refractivity contribution is -0.129. The van der Waals surface area contributed by atoms with Crippen LogP contribution in [0.1, 0.15) is 26.7 Å². The van der Waals surface area contributed by atoms with Crippen LogP contribution in [-0.4, -0.2) is 48.9 Å². The van der Waals surface area contributed by atoms with E-state index in [0.717, 1.165) is 39.3 Å². The first kappa shape index (κ1) is 14.3. The minimum atomic E-state index is -0.312. The molecule has 1 aliphatic rings. The van der Waals surface area contributed by atoms with Crippen molar-refractivity contribution in [1.29, 1.82) is 0 Å². The lowest BCUT2D eigenvalue weighted by atomic mass is 10.2. The van der Waals surface area contributed by atoms with E-state index in [4.69, 9.17) is 9.94 Å². The number of nitrogens with one attached hydrogen (secondary N) is 1. The molecule has 15 heavy (non-hydrogen) atoms. The number of hydrogen-bond donors (Lipinski definition) is 2. The Hall–Kier alpha value is -0.650. The van der Waals surface area contributed by atoms with Gasteiger partial charge in [0.05, 0.1) is 13.2 Å². The minimum absolute atomic E-state index is 0.312. The maximum Gasteiger partial charge on any atom is 0.243 e. The minimum Gasteiger partial charge on any atom is -0.379 e. The van der Waals surface area contributed by atoms with Gasteiger partial charge in [-0.3, -0.25) is 14.9 Å². The van der Waals surface area contributed by atoms with Gasteiger partial charge in [0.25, 0.3) is 0 Å². The highest BCUT2D eigenvalue weighted by atomic mass is 16.5. The van der Waals surface area contributed by atoms with Crippen LogP contribution in [0.4, 0.5) is 0 Å². The lowest BCUT2D eigenvalue weighted by Crippen LogP contribution is -2.37. The van der Waals surface area contributed by atoms with E-state index in [2.05, 4.69) is 4.90 Å². The fourth-order valence-electron chi connectivity index (χ4n) is 1.34. The van der Waals surface area contributed by atoms with Crippen LogP contribution < -0.4 is 5.48 Å². The molecular weight excluding hydrogens is 196 g/mol. The van der Waals surface area contributed by atoms with Gasteiger partial charge in [-0.25, -0.2) is 5.48 Å². The molecule has 0 aliphatic carbocycles. The zero-order valence-electron chi connectivity index (χ0n) is 9.66. The number of hydrogen-bond acceptors (Lipinski definition) is 4. The summed E-state index contributed by atoms with van der Waals surface area (Å²) < 4.78 is 5.19. The van der Waals surface area contributed by atoms with Crippen LogP contribution >= 0.6 is 0 Å². The molecule has 0 saturated carbocycles. The van der Waals surface area contributed by atoms with Crippen molar-refractivity contribution >= 4 is 5.91 Å². The van der Waals surface area contributed by atoms with Gasteiger partial charge >= 0.3 is 0 Å². The molecule has 5 heteroatoms. The number of hydroxylamine groups is 1. The third-order valence-electron chi connectivity index (χ3n) is 2.11. The Bertz CT molecular complexity index is 159. The highest BCUT2D eigenvalue weighted by Crippen LogP contribution is 1.99. The Morgan fingerprint density at radius 2 is 2.00 bits per heavy atom. The molecular formula is C10H22N2O3. The van der Waals surface area contributed by atoms with E-state index in [1.54, 1.807) is 5.48 Å². The lowest BCUT2D eigenvalue weighted by Gasteiger charge is -2.26. The highest BCUT2D eigenvalue weighted by molar-refractivity contribution is 5.74. The average Bonchev–Trinajstić information content (AvgIpc) is 2.33.